The first-order valence-electron chi connectivity index (χ1n) is 10.5. The van der Waals surface area contributed by atoms with E-state index >= 15 is 0 Å². The van der Waals surface area contributed by atoms with Crippen molar-refractivity contribution in [3.8, 4) is 6.07 Å². The minimum absolute atomic E-state index is 0.315. The Hall–Kier alpha value is -2.45. The maximum Gasteiger partial charge on any atom is 0.222 e. The van der Waals surface area contributed by atoms with Gasteiger partial charge in [-0.1, -0.05) is 50.9 Å². The molecule has 1 fully saturated rings. The van der Waals surface area contributed by atoms with Gasteiger partial charge < -0.3 is 4.90 Å². The summed E-state index contributed by atoms with van der Waals surface area (Å²) in [7, 11) is 1.89. The van der Waals surface area contributed by atoms with Crippen LogP contribution in [0.25, 0.3) is 0 Å². The molecule has 0 radical (unpaired) electrons. The van der Waals surface area contributed by atoms with E-state index in [1.54, 1.807) is 12.1 Å². The van der Waals surface area contributed by atoms with Crippen molar-refractivity contribution in [1.82, 2.24) is 4.90 Å². The molecule has 0 aliphatic carbocycles. The highest BCUT2D eigenvalue weighted by molar-refractivity contribution is 6.31. The van der Waals surface area contributed by atoms with Gasteiger partial charge in [0.25, 0.3) is 0 Å². The zero-order valence-electron chi connectivity index (χ0n) is 18.9. The monoisotopic (exact) mass is 448 g/mol. The quantitative estimate of drug-likeness (QED) is 0.533. The van der Waals surface area contributed by atoms with Crippen molar-refractivity contribution in [1.29, 1.82) is 5.26 Å². The number of aryl methyl sites for hydroxylation is 2. The van der Waals surface area contributed by atoms with Crippen molar-refractivity contribution >= 4 is 17.5 Å². The van der Waals surface area contributed by atoms with Gasteiger partial charge in [-0.2, -0.15) is 5.26 Å². The fraction of sp³-hybridized carbons (Fsp3) is 0.440. The number of hydrogen-bond donors (Lipinski definition) is 0. The lowest BCUT2D eigenvalue weighted by molar-refractivity contribution is -0.126. The zero-order chi connectivity index (χ0) is 23.6. The second-order valence-corrected chi connectivity index (χ2v) is 8.22. The van der Waals surface area contributed by atoms with Crippen LogP contribution < -0.4 is 0 Å². The number of carbonyl (C=O) groups is 1. The fourth-order valence-electron chi connectivity index (χ4n) is 3.13. The molecule has 1 saturated heterocycles. The van der Waals surface area contributed by atoms with Gasteiger partial charge >= 0.3 is 0 Å². The molecule has 0 spiro atoms. The van der Waals surface area contributed by atoms with Crippen molar-refractivity contribution in [2.75, 3.05) is 13.6 Å². The number of halogens is 3. The van der Waals surface area contributed by atoms with E-state index in [1.807, 2.05) is 37.9 Å². The molecule has 0 N–H and O–H groups in total. The van der Waals surface area contributed by atoms with Gasteiger partial charge in [0.05, 0.1) is 10.6 Å². The molecule has 2 aromatic carbocycles. The third-order valence-electron chi connectivity index (χ3n) is 5.46. The Bertz CT molecular complexity index is 911. The molecule has 3 rings (SSSR count). The van der Waals surface area contributed by atoms with Crippen LogP contribution in [-0.4, -0.2) is 24.4 Å². The maximum absolute atomic E-state index is 12.6. The molecule has 0 bridgehead atoms. The number of nitriles is 1. The van der Waals surface area contributed by atoms with Crippen LogP contribution in [0.3, 0.4) is 0 Å². The van der Waals surface area contributed by atoms with Gasteiger partial charge in [0.15, 0.2) is 0 Å². The van der Waals surface area contributed by atoms with Gasteiger partial charge in [-0.05, 0) is 54.5 Å². The summed E-state index contributed by atoms with van der Waals surface area (Å²) in [5, 5.41) is 9.00. The van der Waals surface area contributed by atoms with E-state index in [0.29, 0.717) is 40.3 Å². The summed E-state index contributed by atoms with van der Waals surface area (Å²) in [5.41, 5.74) is 2.16. The fourth-order valence-corrected chi connectivity index (χ4v) is 3.41. The van der Waals surface area contributed by atoms with Crippen LogP contribution in [0.4, 0.5) is 8.78 Å². The summed E-state index contributed by atoms with van der Waals surface area (Å²) in [5.74, 6) is 0.647. The molecule has 168 valence electrons. The predicted molar refractivity (Wildman–Crippen MR) is 122 cm³/mol. The third kappa shape index (κ3) is 8.67. The van der Waals surface area contributed by atoms with Gasteiger partial charge in [-0.3, -0.25) is 4.79 Å². The van der Waals surface area contributed by atoms with Gasteiger partial charge in [0, 0.05) is 26.1 Å². The van der Waals surface area contributed by atoms with Crippen molar-refractivity contribution in [3.05, 3.63) is 69.7 Å². The normalized spacial score (nSPS) is 15.9. The van der Waals surface area contributed by atoms with E-state index in [2.05, 4.69) is 13.8 Å². The summed E-state index contributed by atoms with van der Waals surface area (Å²) < 4.78 is 24.9. The Balaban J connectivity index is 0.000000233. The molecule has 31 heavy (non-hydrogen) atoms. The molecule has 0 aromatic heterocycles. The molecule has 6 heteroatoms. The number of rotatable bonds is 3. The number of nitrogens with zero attached hydrogens (tertiary/aromatic N) is 2. The van der Waals surface area contributed by atoms with Crippen molar-refractivity contribution in [2.24, 2.45) is 11.8 Å². The third-order valence-corrected chi connectivity index (χ3v) is 5.77. The lowest BCUT2D eigenvalue weighted by atomic mass is 9.91. The molecule has 1 amide bonds. The first-order valence-corrected chi connectivity index (χ1v) is 10.8. The average Bonchev–Trinajstić information content (AvgIpc) is 3.07. The van der Waals surface area contributed by atoms with Crippen molar-refractivity contribution in [3.63, 3.8) is 0 Å². The molecule has 2 unspecified atom stereocenters. The largest absolute Gasteiger partial charge is 0.345 e. The Labute approximate surface area is 189 Å². The highest BCUT2D eigenvalue weighted by Gasteiger charge is 2.29. The van der Waals surface area contributed by atoms with Crippen LogP contribution >= 0.6 is 11.6 Å². The van der Waals surface area contributed by atoms with Gasteiger partial charge in [-0.15, -0.1) is 0 Å². The van der Waals surface area contributed by atoms with E-state index in [0.717, 1.165) is 24.6 Å². The number of likely N-dealkylation sites (tertiary alicyclic amines) is 1. The number of amides is 1. The standard InChI is InChI=1S/C9H17NO.C8H6ClN.C8H8F2/c1-4-7(2)8-5-9(11)10(3)6-8;1-6-2-3-7(5-10)8(9)4-6;1-2-6-3-4-7(9)5-8(6)10/h7-8H,4-6H2,1-3H3;2-4H,1H3;3-5H,2H2,1H3. The summed E-state index contributed by atoms with van der Waals surface area (Å²) in [4.78, 5) is 13.0. The molecule has 1 aliphatic rings. The van der Waals surface area contributed by atoms with Gasteiger partial charge in [0.2, 0.25) is 5.91 Å². The molecule has 3 nitrogen and oxygen atoms in total. The highest BCUT2D eigenvalue weighted by Crippen LogP contribution is 2.25. The Morgan fingerprint density at radius 2 is 1.90 bits per heavy atom. The average molecular weight is 449 g/mol. The van der Waals surface area contributed by atoms with Crippen LogP contribution in [0.1, 0.15) is 50.3 Å². The van der Waals surface area contributed by atoms with Gasteiger partial charge in [-0.25, -0.2) is 8.78 Å². The SMILES string of the molecule is CCC(C)C1CC(=O)N(C)C1.CCc1ccc(F)cc1F.Cc1ccc(C#N)c(Cl)c1. The molecule has 1 aliphatic heterocycles. The Morgan fingerprint density at radius 3 is 2.35 bits per heavy atom. The molecule has 1 heterocycles. The van der Waals surface area contributed by atoms with E-state index in [1.165, 1.54) is 18.6 Å². The van der Waals surface area contributed by atoms with Crippen LogP contribution in [0.2, 0.25) is 5.02 Å². The second-order valence-electron chi connectivity index (χ2n) is 7.81. The van der Waals surface area contributed by atoms with Crippen molar-refractivity contribution in [2.45, 2.75) is 47.0 Å². The highest BCUT2D eigenvalue weighted by atomic mass is 35.5. The smallest absolute Gasteiger partial charge is 0.222 e. The second kappa shape index (κ2) is 13.1. The van der Waals surface area contributed by atoms with E-state index in [9.17, 15) is 13.6 Å². The van der Waals surface area contributed by atoms with E-state index in [4.69, 9.17) is 16.9 Å². The van der Waals surface area contributed by atoms with Crippen LogP contribution in [-0.2, 0) is 11.2 Å². The number of hydrogen-bond acceptors (Lipinski definition) is 2. The van der Waals surface area contributed by atoms with Crippen LogP contribution in [0.5, 0.6) is 0 Å². The summed E-state index contributed by atoms with van der Waals surface area (Å²) in [6.07, 6.45) is 2.56. The summed E-state index contributed by atoms with van der Waals surface area (Å²) in [6.45, 7) is 9.15. The first-order chi connectivity index (χ1) is 14.6. The first kappa shape index (κ1) is 26.6. The molecular formula is C25H31ClF2N2O. The summed E-state index contributed by atoms with van der Waals surface area (Å²) in [6, 6.07) is 11.0. The minimum Gasteiger partial charge on any atom is -0.345 e. The minimum atomic E-state index is -0.519. The lowest BCUT2D eigenvalue weighted by Gasteiger charge is -2.15. The molecule has 2 atom stereocenters. The summed E-state index contributed by atoms with van der Waals surface area (Å²) >= 11 is 5.71. The predicted octanol–water partition coefficient (Wildman–Crippen LogP) is 6.56. The number of benzene rings is 2. The molecule has 2 aromatic rings. The van der Waals surface area contributed by atoms with Crippen LogP contribution in [0.15, 0.2) is 36.4 Å². The maximum atomic E-state index is 12.6. The van der Waals surface area contributed by atoms with Crippen LogP contribution in [0, 0.1) is 41.7 Å². The lowest BCUT2D eigenvalue weighted by Crippen LogP contribution is -2.20. The van der Waals surface area contributed by atoms with E-state index < -0.39 is 11.6 Å². The zero-order valence-corrected chi connectivity index (χ0v) is 19.6. The van der Waals surface area contributed by atoms with E-state index in [-0.39, 0.29) is 0 Å². The topological polar surface area (TPSA) is 44.1 Å². The molecular weight excluding hydrogens is 418 g/mol. The Morgan fingerprint density at radius 1 is 1.23 bits per heavy atom. The molecule has 0 saturated carbocycles. The Kier molecular flexibility index (Phi) is 11.2. The number of carbonyl (C=O) groups excluding carboxylic acids is 1. The van der Waals surface area contributed by atoms with Crippen molar-refractivity contribution < 1.29 is 13.6 Å². The van der Waals surface area contributed by atoms with Gasteiger partial charge in [0.1, 0.15) is 17.7 Å².